The van der Waals surface area contributed by atoms with E-state index < -0.39 is 0 Å². The Hall–Kier alpha value is -1.01. The molecule has 0 atom stereocenters. The average molecular weight is 311 g/mol. The van der Waals surface area contributed by atoms with Crippen molar-refractivity contribution in [1.29, 1.82) is 0 Å². The Labute approximate surface area is 129 Å². The van der Waals surface area contributed by atoms with Crippen LogP contribution in [-0.2, 0) is 6.54 Å². The number of aromatic nitrogens is 2. The molecule has 0 spiro atoms. The molecule has 0 amide bonds. The standard InChI is InChI=1S/C14H18N4S.ClH/c15-11-4-7-18(8-5-11)9-12-10-19-14(17-12)13-3-1-2-6-16-13;/h1-3,6,10-11H,4-5,7-9,15H2;1H. The van der Waals surface area contributed by atoms with Gasteiger partial charge in [-0.2, -0.15) is 0 Å². The van der Waals surface area contributed by atoms with E-state index in [-0.39, 0.29) is 12.4 Å². The molecule has 1 fully saturated rings. The van der Waals surface area contributed by atoms with Gasteiger partial charge in [-0.05, 0) is 25.0 Å². The van der Waals surface area contributed by atoms with Crippen molar-refractivity contribution in [2.45, 2.75) is 25.4 Å². The SMILES string of the molecule is Cl.NC1CCN(Cc2csc(-c3ccccn3)n2)CC1. The molecule has 3 heterocycles. The number of thiazole rings is 1. The Bertz CT molecular complexity index is 523. The number of hydrogen-bond acceptors (Lipinski definition) is 5. The molecule has 1 aliphatic heterocycles. The van der Waals surface area contributed by atoms with Crippen molar-refractivity contribution in [2.24, 2.45) is 5.73 Å². The first-order chi connectivity index (χ1) is 9.31. The van der Waals surface area contributed by atoms with Gasteiger partial charge in [0.2, 0.25) is 0 Å². The van der Waals surface area contributed by atoms with Gasteiger partial charge in [0.05, 0.1) is 11.4 Å². The van der Waals surface area contributed by atoms with Crippen molar-refractivity contribution in [2.75, 3.05) is 13.1 Å². The minimum Gasteiger partial charge on any atom is -0.328 e. The Morgan fingerprint density at radius 3 is 2.80 bits per heavy atom. The van der Waals surface area contributed by atoms with Gasteiger partial charge in [0.1, 0.15) is 5.01 Å². The summed E-state index contributed by atoms with van der Waals surface area (Å²) in [6.45, 7) is 3.09. The van der Waals surface area contributed by atoms with Crippen molar-refractivity contribution < 1.29 is 0 Å². The van der Waals surface area contributed by atoms with Gasteiger partial charge < -0.3 is 5.73 Å². The molecule has 0 saturated carbocycles. The van der Waals surface area contributed by atoms with Crippen LogP contribution < -0.4 is 5.73 Å². The van der Waals surface area contributed by atoms with Crippen LogP contribution in [0.2, 0.25) is 0 Å². The Morgan fingerprint density at radius 1 is 1.30 bits per heavy atom. The van der Waals surface area contributed by atoms with Crippen LogP contribution in [0, 0.1) is 0 Å². The molecule has 0 aromatic carbocycles. The van der Waals surface area contributed by atoms with Crippen LogP contribution >= 0.6 is 23.7 Å². The highest BCUT2D eigenvalue weighted by atomic mass is 35.5. The lowest BCUT2D eigenvalue weighted by Crippen LogP contribution is -2.39. The lowest BCUT2D eigenvalue weighted by Gasteiger charge is -2.29. The Balaban J connectivity index is 0.00000147. The monoisotopic (exact) mass is 310 g/mol. The van der Waals surface area contributed by atoms with Gasteiger partial charge in [-0.1, -0.05) is 6.07 Å². The van der Waals surface area contributed by atoms with E-state index in [1.165, 1.54) is 0 Å². The fourth-order valence-corrected chi connectivity index (χ4v) is 3.11. The van der Waals surface area contributed by atoms with E-state index in [9.17, 15) is 0 Å². The number of hydrogen-bond donors (Lipinski definition) is 1. The van der Waals surface area contributed by atoms with Crippen molar-refractivity contribution in [3.63, 3.8) is 0 Å². The number of rotatable bonds is 3. The first kappa shape index (κ1) is 15.4. The molecule has 6 heteroatoms. The summed E-state index contributed by atoms with van der Waals surface area (Å²) in [5.41, 5.74) is 8.02. The fourth-order valence-electron chi connectivity index (χ4n) is 2.33. The molecule has 1 aliphatic rings. The van der Waals surface area contributed by atoms with Gasteiger partial charge in [0.25, 0.3) is 0 Å². The number of likely N-dealkylation sites (tertiary alicyclic amines) is 1. The normalized spacial score (nSPS) is 16.9. The zero-order valence-corrected chi connectivity index (χ0v) is 12.9. The van der Waals surface area contributed by atoms with Gasteiger partial charge in [-0.25, -0.2) is 4.98 Å². The highest BCUT2D eigenvalue weighted by molar-refractivity contribution is 7.13. The van der Waals surface area contributed by atoms with E-state index >= 15 is 0 Å². The largest absolute Gasteiger partial charge is 0.328 e. The zero-order valence-electron chi connectivity index (χ0n) is 11.2. The summed E-state index contributed by atoms with van der Waals surface area (Å²) in [6, 6.07) is 6.31. The molecule has 0 radical (unpaired) electrons. The van der Waals surface area contributed by atoms with Gasteiger partial charge in [0.15, 0.2) is 0 Å². The van der Waals surface area contributed by atoms with Gasteiger partial charge in [0, 0.05) is 37.3 Å². The summed E-state index contributed by atoms with van der Waals surface area (Å²) >= 11 is 1.67. The lowest BCUT2D eigenvalue weighted by atomic mass is 10.1. The molecule has 3 rings (SSSR count). The highest BCUT2D eigenvalue weighted by Gasteiger charge is 2.17. The molecule has 0 aliphatic carbocycles. The van der Waals surface area contributed by atoms with Crippen molar-refractivity contribution in [3.8, 4) is 10.7 Å². The smallest absolute Gasteiger partial charge is 0.142 e. The van der Waals surface area contributed by atoms with Crippen LogP contribution in [0.15, 0.2) is 29.8 Å². The molecule has 0 unspecified atom stereocenters. The van der Waals surface area contributed by atoms with Gasteiger partial charge >= 0.3 is 0 Å². The maximum absolute atomic E-state index is 5.92. The molecule has 0 bridgehead atoms. The highest BCUT2D eigenvalue weighted by Crippen LogP contribution is 2.22. The van der Waals surface area contributed by atoms with Crippen molar-refractivity contribution in [3.05, 3.63) is 35.5 Å². The second-order valence-electron chi connectivity index (χ2n) is 4.97. The predicted molar refractivity (Wildman–Crippen MR) is 85.1 cm³/mol. The molecule has 20 heavy (non-hydrogen) atoms. The van der Waals surface area contributed by atoms with E-state index in [0.29, 0.717) is 6.04 Å². The molecular weight excluding hydrogens is 292 g/mol. The summed E-state index contributed by atoms with van der Waals surface area (Å²) in [5, 5.41) is 3.14. The minimum atomic E-state index is 0. The number of piperidine rings is 1. The maximum atomic E-state index is 5.92. The Kier molecular flexibility index (Phi) is 5.48. The van der Waals surface area contributed by atoms with E-state index in [2.05, 4.69) is 20.2 Å². The Morgan fingerprint density at radius 2 is 2.10 bits per heavy atom. The van der Waals surface area contributed by atoms with Crippen LogP contribution in [0.25, 0.3) is 10.7 Å². The quantitative estimate of drug-likeness (QED) is 0.946. The number of pyridine rings is 1. The zero-order chi connectivity index (χ0) is 13.1. The average Bonchev–Trinajstić information content (AvgIpc) is 2.91. The third-order valence-corrected chi connectivity index (χ3v) is 4.37. The first-order valence-corrected chi connectivity index (χ1v) is 7.53. The summed E-state index contributed by atoms with van der Waals surface area (Å²) in [7, 11) is 0. The number of nitrogens with zero attached hydrogens (tertiary/aromatic N) is 3. The summed E-state index contributed by atoms with van der Waals surface area (Å²) < 4.78 is 0. The number of nitrogens with two attached hydrogens (primary N) is 1. The maximum Gasteiger partial charge on any atom is 0.142 e. The molecule has 1 saturated heterocycles. The van der Waals surface area contributed by atoms with Crippen LogP contribution in [-0.4, -0.2) is 34.0 Å². The molecule has 2 N–H and O–H groups in total. The van der Waals surface area contributed by atoms with Gasteiger partial charge in [-0.15, -0.1) is 23.7 Å². The minimum absolute atomic E-state index is 0. The third kappa shape index (κ3) is 3.76. The topological polar surface area (TPSA) is 55.0 Å². The van der Waals surface area contributed by atoms with Crippen LogP contribution in [0.5, 0.6) is 0 Å². The van der Waals surface area contributed by atoms with E-state index in [4.69, 9.17) is 5.73 Å². The van der Waals surface area contributed by atoms with E-state index in [0.717, 1.165) is 48.9 Å². The third-order valence-electron chi connectivity index (χ3n) is 3.45. The second kappa shape index (κ2) is 7.13. The summed E-state index contributed by atoms with van der Waals surface area (Å²) in [6.07, 6.45) is 4.00. The fraction of sp³-hybridized carbons (Fsp3) is 0.429. The van der Waals surface area contributed by atoms with E-state index in [1.807, 2.05) is 24.4 Å². The van der Waals surface area contributed by atoms with Crippen molar-refractivity contribution in [1.82, 2.24) is 14.9 Å². The molecular formula is C14H19ClN4S. The predicted octanol–water partition coefficient (Wildman–Crippen LogP) is 2.55. The number of halogens is 1. The van der Waals surface area contributed by atoms with Crippen LogP contribution in [0.1, 0.15) is 18.5 Å². The lowest BCUT2D eigenvalue weighted by molar-refractivity contribution is 0.204. The summed E-state index contributed by atoms with van der Waals surface area (Å²) in [5.74, 6) is 0. The van der Waals surface area contributed by atoms with Crippen LogP contribution in [0.3, 0.4) is 0 Å². The molecule has 4 nitrogen and oxygen atoms in total. The first-order valence-electron chi connectivity index (χ1n) is 6.65. The van der Waals surface area contributed by atoms with E-state index in [1.54, 1.807) is 11.3 Å². The second-order valence-corrected chi connectivity index (χ2v) is 5.83. The van der Waals surface area contributed by atoms with Gasteiger partial charge in [-0.3, -0.25) is 9.88 Å². The molecule has 2 aromatic rings. The van der Waals surface area contributed by atoms with Crippen molar-refractivity contribution >= 4 is 23.7 Å². The van der Waals surface area contributed by atoms with Crippen LogP contribution in [0.4, 0.5) is 0 Å². The molecule has 2 aromatic heterocycles. The molecule has 108 valence electrons. The summed E-state index contributed by atoms with van der Waals surface area (Å²) in [4.78, 5) is 11.4.